The number of ether oxygens (including phenoxy) is 1. The average molecular weight is 474 g/mol. The van der Waals surface area contributed by atoms with E-state index >= 15 is 0 Å². The first-order valence-corrected chi connectivity index (χ1v) is 13.4. The minimum Gasteiger partial charge on any atom is -0.494 e. The minimum absolute atomic E-state index is 0.314. The van der Waals surface area contributed by atoms with Gasteiger partial charge in [0.25, 0.3) is 0 Å². The highest BCUT2D eigenvalue weighted by atomic mass is 32.2. The molecule has 0 amide bonds. The van der Waals surface area contributed by atoms with Crippen molar-refractivity contribution in [2.75, 3.05) is 43.0 Å². The van der Waals surface area contributed by atoms with E-state index in [1.807, 2.05) is 26.8 Å². The molecule has 0 spiro atoms. The van der Waals surface area contributed by atoms with Crippen molar-refractivity contribution in [1.29, 1.82) is 0 Å². The molecule has 1 N–H and O–H groups in total. The van der Waals surface area contributed by atoms with Gasteiger partial charge in [-0.25, -0.2) is 13.4 Å². The Morgan fingerprint density at radius 3 is 2.42 bits per heavy atom. The second kappa shape index (κ2) is 10.3. The maximum Gasteiger partial charge on any atom is 0.243 e. The summed E-state index contributed by atoms with van der Waals surface area (Å²) in [7, 11) is -3.55. The van der Waals surface area contributed by atoms with Crippen LogP contribution < -0.4 is 15.0 Å². The summed E-state index contributed by atoms with van der Waals surface area (Å²) >= 11 is 0. The number of nitrogens with zero attached hydrogens (tertiary/aromatic N) is 4. The van der Waals surface area contributed by atoms with Gasteiger partial charge < -0.3 is 15.0 Å². The standard InChI is InChI=1S/C24H35N5O3S/c1-4-32-22-11-10-21(16-18(22)2)33(30,31)29-14-12-28(13-15-29)23-17-19(3)25-24(27-23)26-20-8-6-5-7-9-20/h10-11,16-17,20H,4-9,12-15H2,1-3H3,(H,25,26,27). The molecular formula is C24H35N5O3S. The van der Waals surface area contributed by atoms with E-state index in [4.69, 9.17) is 9.72 Å². The molecule has 0 radical (unpaired) electrons. The first kappa shape index (κ1) is 23.8. The van der Waals surface area contributed by atoms with Crippen LogP contribution in [-0.4, -0.2) is 61.5 Å². The third-order valence-corrected chi connectivity index (χ3v) is 8.32. The van der Waals surface area contributed by atoms with Crippen molar-refractivity contribution < 1.29 is 13.2 Å². The van der Waals surface area contributed by atoms with Gasteiger partial charge in [-0.3, -0.25) is 0 Å². The molecule has 0 unspecified atom stereocenters. The van der Waals surface area contributed by atoms with Crippen LogP contribution in [0, 0.1) is 13.8 Å². The van der Waals surface area contributed by atoms with Crippen LogP contribution in [0.1, 0.15) is 50.3 Å². The van der Waals surface area contributed by atoms with E-state index in [1.165, 1.54) is 19.3 Å². The first-order chi connectivity index (χ1) is 15.9. The Balaban J connectivity index is 1.42. The van der Waals surface area contributed by atoms with E-state index in [1.54, 1.807) is 22.5 Å². The van der Waals surface area contributed by atoms with E-state index in [-0.39, 0.29) is 0 Å². The highest BCUT2D eigenvalue weighted by molar-refractivity contribution is 7.89. The van der Waals surface area contributed by atoms with Crippen molar-refractivity contribution in [1.82, 2.24) is 14.3 Å². The molecule has 1 aromatic carbocycles. The molecule has 1 aliphatic heterocycles. The van der Waals surface area contributed by atoms with Crippen LogP contribution in [0.15, 0.2) is 29.2 Å². The number of nitrogens with one attached hydrogen (secondary N) is 1. The topological polar surface area (TPSA) is 87.7 Å². The lowest BCUT2D eigenvalue weighted by Gasteiger charge is -2.35. The van der Waals surface area contributed by atoms with Gasteiger partial charge in [-0.2, -0.15) is 9.29 Å². The Hall–Kier alpha value is -2.39. The van der Waals surface area contributed by atoms with Crippen LogP contribution >= 0.6 is 0 Å². The smallest absolute Gasteiger partial charge is 0.243 e. The number of aromatic nitrogens is 2. The summed E-state index contributed by atoms with van der Waals surface area (Å²) in [5.41, 5.74) is 1.74. The molecule has 0 bridgehead atoms. The summed E-state index contributed by atoms with van der Waals surface area (Å²) in [5, 5.41) is 3.51. The number of sulfonamides is 1. The van der Waals surface area contributed by atoms with Gasteiger partial charge in [0, 0.05) is 44.0 Å². The Labute approximate surface area is 197 Å². The molecular weight excluding hydrogens is 438 g/mol. The zero-order chi connectivity index (χ0) is 23.4. The molecule has 8 nitrogen and oxygen atoms in total. The number of hydrogen-bond acceptors (Lipinski definition) is 7. The van der Waals surface area contributed by atoms with E-state index in [9.17, 15) is 8.42 Å². The van der Waals surface area contributed by atoms with Crippen LogP contribution in [0.3, 0.4) is 0 Å². The van der Waals surface area contributed by atoms with Crippen molar-refractivity contribution in [3.63, 3.8) is 0 Å². The van der Waals surface area contributed by atoms with Crippen molar-refractivity contribution in [3.05, 3.63) is 35.5 Å². The fraction of sp³-hybridized carbons (Fsp3) is 0.583. The van der Waals surface area contributed by atoms with E-state index < -0.39 is 10.0 Å². The highest BCUT2D eigenvalue weighted by Crippen LogP contribution is 2.26. The summed E-state index contributed by atoms with van der Waals surface area (Å²) in [6, 6.07) is 7.49. The normalized spacial score (nSPS) is 18.3. The molecule has 1 aromatic heterocycles. The summed E-state index contributed by atoms with van der Waals surface area (Å²) in [6.45, 7) is 8.34. The Morgan fingerprint density at radius 2 is 1.76 bits per heavy atom. The van der Waals surface area contributed by atoms with Gasteiger partial charge in [-0.05, 0) is 57.4 Å². The predicted molar refractivity (Wildman–Crippen MR) is 131 cm³/mol. The fourth-order valence-corrected chi connectivity index (χ4v) is 6.12. The van der Waals surface area contributed by atoms with Gasteiger partial charge in [-0.1, -0.05) is 19.3 Å². The fourth-order valence-electron chi connectivity index (χ4n) is 4.61. The second-order valence-corrected chi connectivity index (χ2v) is 10.9. The van der Waals surface area contributed by atoms with Crippen LogP contribution in [0.4, 0.5) is 11.8 Å². The highest BCUT2D eigenvalue weighted by Gasteiger charge is 2.29. The third kappa shape index (κ3) is 5.58. The van der Waals surface area contributed by atoms with E-state index in [0.717, 1.165) is 35.7 Å². The summed E-state index contributed by atoms with van der Waals surface area (Å²) in [4.78, 5) is 11.8. The predicted octanol–water partition coefficient (Wildman–Crippen LogP) is 3.75. The molecule has 2 heterocycles. The molecule has 4 rings (SSSR count). The van der Waals surface area contributed by atoms with Crippen LogP contribution in [0.5, 0.6) is 5.75 Å². The lowest BCUT2D eigenvalue weighted by atomic mass is 9.96. The monoisotopic (exact) mass is 473 g/mol. The minimum atomic E-state index is -3.55. The zero-order valence-electron chi connectivity index (χ0n) is 19.9. The Morgan fingerprint density at radius 1 is 1.03 bits per heavy atom. The van der Waals surface area contributed by atoms with Crippen LogP contribution in [0.25, 0.3) is 0 Å². The molecule has 1 saturated carbocycles. The third-order valence-electron chi connectivity index (χ3n) is 6.43. The first-order valence-electron chi connectivity index (χ1n) is 12.0. The van der Waals surface area contributed by atoms with E-state index in [2.05, 4.69) is 15.2 Å². The number of anilines is 2. The van der Waals surface area contributed by atoms with E-state index in [0.29, 0.717) is 49.7 Å². The summed E-state index contributed by atoms with van der Waals surface area (Å²) < 4.78 is 33.5. The molecule has 33 heavy (non-hydrogen) atoms. The number of piperazine rings is 1. The molecule has 1 saturated heterocycles. The van der Waals surface area contributed by atoms with Crippen molar-refractivity contribution >= 4 is 21.8 Å². The second-order valence-electron chi connectivity index (χ2n) is 8.92. The van der Waals surface area contributed by atoms with Gasteiger partial charge in [-0.15, -0.1) is 0 Å². The van der Waals surface area contributed by atoms with Crippen molar-refractivity contribution in [3.8, 4) is 5.75 Å². The molecule has 1 aliphatic carbocycles. The molecule has 0 atom stereocenters. The van der Waals surface area contributed by atoms with Gasteiger partial charge in [0.15, 0.2) is 0 Å². The SMILES string of the molecule is CCOc1ccc(S(=O)(=O)N2CCN(c3cc(C)nc(NC4CCCCC4)n3)CC2)cc1C. The van der Waals surface area contributed by atoms with Gasteiger partial charge in [0.2, 0.25) is 16.0 Å². The maximum absolute atomic E-state index is 13.2. The zero-order valence-corrected chi connectivity index (χ0v) is 20.7. The van der Waals surface area contributed by atoms with Gasteiger partial charge in [0.1, 0.15) is 11.6 Å². The number of aryl methyl sites for hydroxylation is 2. The summed E-state index contributed by atoms with van der Waals surface area (Å²) in [5.74, 6) is 2.25. The lowest BCUT2D eigenvalue weighted by molar-refractivity contribution is 0.337. The van der Waals surface area contributed by atoms with Crippen molar-refractivity contribution in [2.24, 2.45) is 0 Å². The summed E-state index contributed by atoms with van der Waals surface area (Å²) in [6.07, 6.45) is 6.13. The molecule has 2 aromatic rings. The average Bonchev–Trinajstić information content (AvgIpc) is 2.81. The maximum atomic E-state index is 13.2. The Kier molecular flexibility index (Phi) is 7.38. The number of rotatable bonds is 7. The molecule has 2 fully saturated rings. The van der Waals surface area contributed by atoms with Crippen LogP contribution in [0.2, 0.25) is 0 Å². The Bertz CT molecular complexity index is 1060. The lowest BCUT2D eigenvalue weighted by Crippen LogP contribution is -2.49. The van der Waals surface area contributed by atoms with Crippen LogP contribution in [-0.2, 0) is 10.0 Å². The van der Waals surface area contributed by atoms with Crippen molar-refractivity contribution in [2.45, 2.75) is 63.8 Å². The molecule has 2 aliphatic rings. The van der Waals surface area contributed by atoms with Gasteiger partial charge in [0.05, 0.1) is 11.5 Å². The van der Waals surface area contributed by atoms with Gasteiger partial charge >= 0.3 is 0 Å². The number of benzene rings is 1. The number of hydrogen-bond donors (Lipinski definition) is 1. The quantitative estimate of drug-likeness (QED) is 0.655. The largest absolute Gasteiger partial charge is 0.494 e. The molecule has 180 valence electrons. The molecule has 9 heteroatoms.